The van der Waals surface area contributed by atoms with Gasteiger partial charge < -0.3 is 24.4 Å². The number of rotatable bonds is 6. The lowest BCUT2D eigenvalue weighted by atomic mass is 9.96. The molecule has 1 amide bonds. The van der Waals surface area contributed by atoms with Crippen molar-refractivity contribution in [2.24, 2.45) is 4.99 Å². The summed E-state index contributed by atoms with van der Waals surface area (Å²) in [5.41, 5.74) is 3.77. The van der Waals surface area contributed by atoms with Crippen molar-refractivity contribution in [3.05, 3.63) is 68.5 Å². The number of methoxy groups -OCH3 is 1. The van der Waals surface area contributed by atoms with Crippen molar-refractivity contribution in [3.63, 3.8) is 0 Å². The number of thiophene rings is 1. The van der Waals surface area contributed by atoms with Crippen LogP contribution in [0.3, 0.4) is 0 Å². The summed E-state index contributed by atoms with van der Waals surface area (Å²) in [4.78, 5) is 32.0. The van der Waals surface area contributed by atoms with E-state index in [0.29, 0.717) is 29.3 Å². The van der Waals surface area contributed by atoms with E-state index in [0.717, 1.165) is 22.0 Å². The van der Waals surface area contributed by atoms with Gasteiger partial charge >= 0.3 is 5.97 Å². The average Bonchev–Trinajstić information content (AvgIpc) is 3.57. The highest BCUT2D eigenvalue weighted by atomic mass is 32.2. The van der Waals surface area contributed by atoms with Gasteiger partial charge in [0.25, 0.3) is 0 Å². The highest BCUT2D eigenvalue weighted by Gasteiger charge is 2.41. The van der Waals surface area contributed by atoms with Crippen LogP contribution in [0.15, 0.2) is 62.4 Å². The number of nitrogens with zero attached hydrogens (tertiary/aromatic N) is 2. The van der Waals surface area contributed by atoms with Crippen molar-refractivity contribution < 1.29 is 23.8 Å². The Morgan fingerprint density at radius 2 is 2.12 bits per heavy atom. The number of hydrogen-bond donors (Lipinski definition) is 1. The fraction of sp³-hybridized carbons (Fsp3) is 0.261. The third-order valence-corrected chi connectivity index (χ3v) is 7.12. The molecule has 1 atom stereocenters. The minimum atomic E-state index is -0.421. The van der Waals surface area contributed by atoms with Crippen LogP contribution in [-0.2, 0) is 20.9 Å². The predicted octanol–water partition coefficient (Wildman–Crippen LogP) is 3.93. The van der Waals surface area contributed by atoms with E-state index < -0.39 is 5.97 Å². The minimum absolute atomic E-state index is 0.129. The fourth-order valence-electron chi connectivity index (χ4n) is 3.97. The molecule has 1 aromatic heterocycles. The SMILES string of the molecule is COC(=O)C1=C(C)N=C2SC=C(CC(=O)NCc3ccc4c(c3)OCO4)N2C1c1ccsc1. The van der Waals surface area contributed by atoms with E-state index in [1.807, 2.05) is 52.3 Å². The van der Waals surface area contributed by atoms with Gasteiger partial charge in [0.15, 0.2) is 16.7 Å². The lowest BCUT2D eigenvalue weighted by molar-refractivity contribution is -0.136. The highest BCUT2D eigenvalue weighted by molar-refractivity contribution is 8.16. The third kappa shape index (κ3) is 4.11. The number of amidine groups is 1. The first-order valence-corrected chi connectivity index (χ1v) is 12.1. The Morgan fingerprint density at radius 3 is 2.91 bits per heavy atom. The molecular formula is C23H21N3O5S2. The smallest absolute Gasteiger partial charge is 0.338 e. The number of ether oxygens (including phenoxy) is 3. The quantitative estimate of drug-likeness (QED) is 0.623. The van der Waals surface area contributed by atoms with Crippen molar-refractivity contribution in [2.75, 3.05) is 13.9 Å². The van der Waals surface area contributed by atoms with Crippen LogP contribution in [0.1, 0.15) is 30.5 Å². The standard InChI is InChI=1S/C23H21N3O5S2/c1-13-20(22(28)29-2)21(15-5-6-32-10-15)26-16(11-33-23(26)25-13)8-19(27)24-9-14-3-4-17-18(7-14)31-12-30-17/h3-7,10-11,21H,8-9,12H2,1-2H3,(H,24,27). The van der Waals surface area contributed by atoms with Crippen molar-refractivity contribution in [1.29, 1.82) is 0 Å². The Balaban J connectivity index is 1.33. The van der Waals surface area contributed by atoms with Gasteiger partial charge in [-0.3, -0.25) is 4.79 Å². The lowest BCUT2D eigenvalue weighted by Gasteiger charge is -2.35. The van der Waals surface area contributed by atoms with Crippen molar-refractivity contribution in [3.8, 4) is 11.5 Å². The van der Waals surface area contributed by atoms with Crippen LogP contribution in [0.2, 0.25) is 0 Å². The molecule has 0 radical (unpaired) electrons. The molecule has 0 fully saturated rings. The fourth-order valence-corrected chi connectivity index (χ4v) is 5.61. The van der Waals surface area contributed by atoms with Gasteiger partial charge in [-0.2, -0.15) is 11.3 Å². The molecule has 0 spiro atoms. The number of esters is 1. The molecular weight excluding hydrogens is 462 g/mol. The zero-order chi connectivity index (χ0) is 22.9. The number of hydrogen-bond acceptors (Lipinski definition) is 9. The van der Waals surface area contributed by atoms with Gasteiger partial charge in [0.2, 0.25) is 12.7 Å². The number of nitrogens with one attached hydrogen (secondary N) is 1. The number of amides is 1. The van der Waals surface area contributed by atoms with Crippen molar-refractivity contribution >= 4 is 40.1 Å². The van der Waals surface area contributed by atoms with E-state index in [-0.39, 0.29) is 25.2 Å². The minimum Gasteiger partial charge on any atom is -0.466 e. The van der Waals surface area contributed by atoms with Gasteiger partial charge in [0.05, 0.1) is 30.8 Å². The monoisotopic (exact) mass is 483 g/mol. The molecule has 3 aliphatic heterocycles. The maximum atomic E-state index is 12.8. The molecule has 33 heavy (non-hydrogen) atoms. The van der Waals surface area contributed by atoms with E-state index in [1.165, 1.54) is 18.9 Å². The van der Waals surface area contributed by atoms with Gasteiger partial charge in [0, 0.05) is 12.2 Å². The zero-order valence-corrected chi connectivity index (χ0v) is 19.6. The van der Waals surface area contributed by atoms with Gasteiger partial charge in [-0.25, -0.2) is 9.79 Å². The second-order valence-corrected chi connectivity index (χ2v) is 9.20. The topological polar surface area (TPSA) is 89.5 Å². The van der Waals surface area contributed by atoms with Crippen molar-refractivity contribution in [1.82, 2.24) is 10.2 Å². The van der Waals surface area contributed by atoms with E-state index in [2.05, 4.69) is 10.3 Å². The Labute approximate surface area is 198 Å². The normalized spacial score (nSPS) is 18.6. The number of benzene rings is 1. The van der Waals surface area contributed by atoms with Crippen LogP contribution in [0.4, 0.5) is 0 Å². The summed E-state index contributed by atoms with van der Waals surface area (Å²) >= 11 is 3.00. The first-order valence-electron chi connectivity index (χ1n) is 10.2. The van der Waals surface area contributed by atoms with Crippen LogP contribution >= 0.6 is 23.1 Å². The number of thioether (sulfide) groups is 1. The lowest BCUT2D eigenvalue weighted by Crippen LogP contribution is -2.37. The summed E-state index contributed by atoms with van der Waals surface area (Å²) in [6.45, 7) is 2.40. The summed E-state index contributed by atoms with van der Waals surface area (Å²) in [6.07, 6.45) is 0.157. The van der Waals surface area contributed by atoms with Crippen LogP contribution in [0, 0.1) is 0 Å². The Morgan fingerprint density at radius 1 is 1.27 bits per heavy atom. The number of fused-ring (bicyclic) bond motifs is 2. The highest BCUT2D eigenvalue weighted by Crippen LogP contribution is 2.45. The summed E-state index contributed by atoms with van der Waals surface area (Å²) in [5, 5.41) is 9.60. The molecule has 1 aromatic carbocycles. The molecule has 0 aliphatic carbocycles. The molecule has 5 rings (SSSR count). The summed E-state index contributed by atoms with van der Waals surface area (Å²) < 4.78 is 15.8. The summed E-state index contributed by atoms with van der Waals surface area (Å²) in [6, 6.07) is 7.20. The molecule has 0 saturated carbocycles. The molecule has 0 bridgehead atoms. The molecule has 8 nitrogen and oxygen atoms in total. The largest absolute Gasteiger partial charge is 0.466 e. The average molecular weight is 484 g/mol. The van der Waals surface area contributed by atoms with E-state index in [4.69, 9.17) is 14.2 Å². The molecule has 3 aliphatic rings. The third-order valence-electron chi connectivity index (χ3n) is 5.53. The predicted molar refractivity (Wildman–Crippen MR) is 126 cm³/mol. The van der Waals surface area contributed by atoms with Gasteiger partial charge in [-0.1, -0.05) is 17.8 Å². The Kier molecular flexibility index (Phi) is 5.86. The van der Waals surface area contributed by atoms with E-state index >= 15 is 0 Å². The van der Waals surface area contributed by atoms with E-state index in [1.54, 1.807) is 11.3 Å². The van der Waals surface area contributed by atoms with Crippen LogP contribution in [-0.4, -0.2) is 35.8 Å². The molecule has 0 saturated heterocycles. The second kappa shape index (κ2) is 8.95. The Bertz CT molecular complexity index is 1200. The Hall–Kier alpha value is -3.24. The molecule has 1 unspecified atom stereocenters. The van der Waals surface area contributed by atoms with Gasteiger partial charge in [-0.05, 0) is 52.4 Å². The maximum absolute atomic E-state index is 12.8. The maximum Gasteiger partial charge on any atom is 0.338 e. The van der Waals surface area contributed by atoms with Crippen LogP contribution in [0.5, 0.6) is 11.5 Å². The number of allylic oxidation sites excluding steroid dienone is 1. The molecule has 4 heterocycles. The second-order valence-electron chi connectivity index (χ2n) is 7.58. The van der Waals surface area contributed by atoms with E-state index in [9.17, 15) is 9.59 Å². The van der Waals surface area contributed by atoms with Crippen LogP contribution in [0.25, 0.3) is 0 Å². The zero-order valence-electron chi connectivity index (χ0n) is 18.0. The van der Waals surface area contributed by atoms with Crippen molar-refractivity contribution in [2.45, 2.75) is 25.9 Å². The molecule has 10 heteroatoms. The van der Waals surface area contributed by atoms with Crippen LogP contribution < -0.4 is 14.8 Å². The van der Waals surface area contributed by atoms with Gasteiger partial charge in [-0.15, -0.1) is 0 Å². The summed E-state index contributed by atoms with van der Waals surface area (Å²) in [5.74, 6) is 0.840. The molecule has 170 valence electrons. The van der Waals surface area contributed by atoms with Gasteiger partial charge in [0.1, 0.15) is 0 Å². The molecule has 1 N–H and O–H groups in total. The molecule has 2 aromatic rings. The number of carbonyl (C=O) groups is 2. The first kappa shape index (κ1) is 21.6. The summed E-state index contributed by atoms with van der Waals surface area (Å²) in [7, 11) is 1.37. The first-order chi connectivity index (χ1) is 16.0. The number of aliphatic imine (C=N–C) groups is 1. The number of carbonyl (C=O) groups excluding carboxylic acids is 2.